The van der Waals surface area contributed by atoms with Crippen molar-refractivity contribution < 1.29 is 4.79 Å². The highest BCUT2D eigenvalue weighted by Gasteiger charge is 2.19. The van der Waals surface area contributed by atoms with Gasteiger partial charge < -0.3 is 5.73 Å². The van der Waals surface area contributed by atoms with Gasteiger partial charge in [0.2, 0.25) is 0 Å². The van der Waals surface area contributed by atoms with Crippen LogP contribution in [0.25, 0.3) is 0 Å². The molecule has 1 atom stereocenters. The molecule has 0 saturated heterocycles. The van der Waals surface area contributed by atoms with Crippen LogP contribution in [0.2, 0.25) is 0 Å². The molecule has 2 rings (SSSR count). The van der Waals surface area contributed by atoms with Crippen LogP contribution in [0.1, 0.15) is 39.7 Å². The van der Waals surface area contributed by atoms with Crippen LogP contribution in [0.5, 0.6) is 0 Å². The Bertz CT molecular complexity index is 617. The minimum absolute atomic E-state index is 0. The summed E-state index contributed by atoms with van der Waals surface area (Å²) in [4.78, 5) is 16.0. The number of halogens is 2. The molecule has 1 aromatic heterocycles. The van der Waals surface area contributed by atoms with E-state index in [1.807, 2.05) is 24.3 Å². The standard InChI is InChI=1S/C16H17BrN2O.BrH/c1-2-4-11-5-3-6-13(9-11)16(20)15(17)12-7-8-19-14(18)10-12;/h3,5-10,15H,2,4H2,1H3,(H2,18,19);1H. The summed E-state index contributed by atoms with van der Waals surface area (Å²) >= 11 is 3.45. The second-order valence-electron chi connectivity index (χ2n) is 4.69. The van der Waals surface area contributed by atoms with Gasteiger partial charge in [0.15, 0.2) is 5.78 Å². The molecule has 0 bridgehead atoms. The van der Waals surface area contributed by atoms with Gasteiger partial charge in [0.05, 0.1) is 0 Å². The predicted octanol–water partition coefficient (Wildman–Crippen LogP) is 4.51. The van der Waals surface area contributed by atoms with Crippen molar-refractivity contribution in [3.8, 4) is 0 Å². The molecule has 0 radical (unpaired) electrons. The second-order valence-corrected chi connectivity index (χ2v) is 5.61. The molecule has 112 valence electrons. The van der Waals surface area contributed by atoms with E-state index in [4.69, 9.17) is 5.73 Å². The van der Waals surface area contributed by atoms with E-state index in [1.165, 1.54) is 5.56 Å². The summed E-state index contributed by atoms with van der Waals surface area (Å²) in [6, 6.07) is 11.3. The summed E-state index contributed by atoms with van der Waals surface area (Å²) in [6.45, 7) is 2.13. The number of hydrogen-bond donors (Lipinski definition) is 1. The van der Waals surface area contributed by atoms with E-state index >= 15 is 0 Å². The van der Waals surface area contributed by atoms with Gasteiger partial charge in [-0.15, -0.1) is 17.0 Å². The molecule has 2 aromatic rings. The van der Waals surface area contributed by atoms with Gasteiger partial charge in [-0.2, -0.15) is 0 Å². The Labute approximate surface area is 143 Å². The maximum atomic E-state index is 12.5. The molecule has 0 saturated carbocycles. The first-order valence-electron chi connectivity index (χ1n) is 6.60. The van der Waals surface area contributed by atoms with Gasteiger partial charge in [-0.3, -0.25) is 4.79 Å². The first kappa shape index (κ1) is 17.9. The Morgan fingerprint density at radius 3 is 2.76 bits per heavy atom. The van der Waals surface area contributed by atoms with Crippen LogP contribution >= 0.6 is 32.9 Å². The molecule has 3 nitrogen and oxygen atoms in total. The maximum absolute atomic E-state index is 12.5. The third kappa shape index (κ3) is 4.64. The minimum atomic E-state index is -0.398. The van der Waals surface area contributed by atoms with E-state index in [-0.39, 0.29) is 22.8 Å². The molecule has 1 unspecified atom stereocenters. The molecule has 5 heteroatoms. The zero-order valence-corrected chi connectivity index (χ0v) is 15.1. The average molecular weight is 414 g/mol. The summed E-state index contributed by atoms with van der Waals surface area (Å²) in [5.41, 5.74) is 8.38. The maximum Gasteiger partial charge on any atom is 0.180 e. The number of nitrogen functional groups attached to an aromatic ring is 1. The molecule has 0 spiro atoms. The van der Waals surface area contributed by atoms with Crippen LogP contribution in [0.4, 0.5) is 5.82 Å². The minimum Gasteiger partial charge on any atom is -0.384 e. The number of benzene rings is 1. The summed E-state index contributed by atoms with van der Waals surface area (Å²) < 4.78 is 0. The van der Waals surface area contributed by atoms with Crippen molar-refractivity contribution in [3.05, 3.63) is 59.3 Å². The summed E-state index contributed by atoms with van der Waals surface area (Å²) in [7, 11) is 0. The van der Waals surface area contributed by atoms with Crippen molar-refractivity contribution in [2.24, 2.45) is 0 Å². The summed E-state index contributed by atoms with van der Waals surface area (Å²) in [6.07, 6.45) is 3.66. The third-order valence-electron chi connectivity index (χ3n) is 3.08. The monoisotopic (exact) mass is 412 g/mol. The largest absolute Gasteiger partial charge is 0.384 e. The van der Waals surface area contributed by atoms with E-state index in [0.29, 0.717) is 11.4 Å². The third-order valence-corrected chi connectivity index (χ3v) is 4.02. The number of carbonyl (C=O) groups excluding carboxylic acids is 1. The van der Waals surface area contributed by atoms with Gasteiger partial charge in [-0.05, 0) is 35.7 Å². The number of aromatic nitrogens is 1. The lowest BCUT2D eigenvalue weighted by molar-refractivity contribution is 0.0991. The second kappa shape index (κ2) is 8.29. The molecular formula is C16H18Br2N2O. The highest BCUT2D eigenvalue weighted by atomic mass is 79.9. The quantitative estimate of drug-likeness (QED) is 0.579. The number of hydrogen-bond acceptors (Lipinski definition) is 3. The SMILES string of the molecule is Br.CCCc1cccc(C(=O)C(Br)c2ccnc(N)c2)c1. The molecule has 21 heavy (non-hydrogen) atoms. The van der Waals surface area contributed by atoms with Crippen molar-refractivity contribution in [1.82, 2.24) is 4.98 Å². The summed E-state index contributed by atoms with van der Waals surface area (Å²) in [5, 5.41) is 0. The zero-order chi connectivity index (χ0) is 14.5. The van der Waals surface area contributed by atoms with Gasteiger partial charge in [0.1, 0.15) is 10.6 Å². The number of nitrogens with two attached hydrogens (primary N) is 1. The van der Waals surface area contributed by atoms with Crippen LogP contribution in [-0.2, 0) is 6.42 Å². The number of aryl methyl sites for hydroxylation is 1. The van der Waals surface area contributed by atoms with Crippen molar-refractivity contribution >= 4 is 44.5 Å². The number of ketones is 1. The normalized spacial score (nSPS) is 11.5. The molecule has 0 aliphatic carbocycles. The molecular weight excluding hydrogens is 396 g/mol. The lowest BCUT2D eigenvalue weighted by atomic mass is 10.00. The highest BCUT2D eigenvalue weighted by molar-refractivity contribution is 9.09. The fraction of sp³-hybridized carbons (Fsp3) is 0.250. The van der Waals surface area contributed by atoms with Crippen molar-refractivity contribution in [3.63, 3.8) is 0 Å². The number of pyridine rings is 1. The van der Waals surface area contributed by atoms with Crippen LogP contribution in [0.3, 0.4) is 0 Å². The van der Waals surface area contributed by atoms with Crippen LogP contribution in [0, 0.1) is 0 Å². The van der Waals surface area contributed by atoms with E-state index in [1.54, 1.807) is 18.3 Å². The van der Waals surface area contributed by atoms with E-state index in [2.05, 4.69) is 27.8 Å². The predicted molar refractivity (Wildman–Crippen MR) is 95.4 cm³/mol. The van der Waals surface area contributed by atoms with Crippen molar-refractivity contribution in [2.45, 2.75) is 24.6 Å². The smallest absolute Gasteiger partial charge is 0.180 e. The molecule has 0 aliphatic rings. The Kier molecular flexibility index (Phi) is 7.05. The van der Waals surface area contributed by atoms with Crippen LogP contribution in [0.15, 0.2) is 42.6 Å². The summed E-state index contributed by atoms with van der Waals surface area (Å²) in [5.74, 6) is 0.452. The number of carbonyl (C=O) groups is 1. The fourth-order valence-corrected chi connectivity index (χ4v) is 2.64. The van der Waals surface area contributed by atoms with Gasteiger partial charge in [-0.25, -0.2) is 4.98 Å². The van der Waals surface area contributed by atoms with Gasteiger partial charge >= 0.3 is 0 Å². The Morgan fingerprint density at radius 1 is 1.33 bits per heavy atom. The Morgan fingerprint density at radius 2 is 2.10 bits per heavy atom. The lowest BCUT2D eigenvalue weighted by Gasteiger charge is -2.10. The number of nitrogens with zero attached hydrogens (tertiary/aromatic N) is 1. The molecule has 2 N–H and O–H groups in total. The van der Waals surface area contributed by atoms with Gasteiger partial charge in [0, 0.05) is 11.8 Å². The van der Waals surface area contributed by atoms with Gasteiger partial charge in [-0.1, -0.05) is 47.5 Å². The number of Topliss-reactive ketones (excluding diaryl/α,β-unsaturated/α-hetero) is 1. The Balaban J connectivity index is 0.00000220. The molecule has 0 amide bonds. The topological polar surface area (TPSA) is 56.0 Å². The number of rotatable bonds is 5. The average Bonchev–Trinajstić information content (AvgIpc) is 2.46. The molecule has 1 aromatic carbocycles. The number of alkyl halides is 1. The van der Waals surface area contributed by atoms with Crippen LogP contribution < -0.4 is 5.73 Å². The zero-order valence-electron chi connectivity index (χ0n) is 11.8. The van der Waals surface area contributed by atoms with Gasteiger partial charge in [0.25, 0.3) is 0 Å². The molecule has 0 fully saturated rings. The molecule has 0 aliphatic heterocycles. The van der Waals surface area contributed by atoms with E-state index < -0.39 is 4.83 Å². The first-order chi connectivity index (χ1) is 9.61. The van der Waals surface area contributed by atoms with E-state index in [0.717, 1.165) is 18.4 Å². The first-order valence-corrected chi connectivity index (χ1v) is 7.52. The lowest BCUT2D eigenvalue weighted by Crippen LogP contribution is -2.08. The highest BCUT2D eigenvalue weighted by Crippen LogP contribution is 2.28. The fourth-order valence-electron chi connectivity index (χ4n) is 2.09. The Hall–Kier alpha value is -1.20. The van der Waals surface area contributed by atoms with Crippen molar-refractivity contribution in [1.29, 1.82) is 0 Å². The van der Waals surface area contributed by atoms with Crippen LogP contribution in [-0.4, -0.2) is 10.8 Å². The van der Waals surface area contributed by atoms with Crippen molar-refractivity contribution in [2.75, 3.05) is 5.73 Å². The number of anilines is 1. The molecule has 1 heterocycles. The van der Waals surface area contributed by atoms with E-state index in [9.17, 15) is 4.79 Å².